The molecule has 25 heavy (non-hydrogen) atoms. The molecule has 0 saturated carbocycles. The number of ether oxygens (including phenoxy) is 1. The molecule has 3 heterocycles. The van der Waals surface area contributed by atoms with E-state index < -0.39 is 0 Å². The maximum Gasteiger partial charge on any atom is 0.158 e. The van der Waals surface area contributed by atoms with Gasteiger partial charge in [0.05, 0.1) is 36.5 Å². The Morgan fingerprint density at radius 1 is 1.32 bits per heavy atom. The van der Waals surface area contributed by atoms with Crippen molar-refractivity contribution in [2.45, 2.75) is 13.0 Å². The van der Waals surface area contributed by atoms with Gasteiger partial charge >= 0.3 is 0 Å². The van der Waals surface area contributed by atoms with E-state index in [1.807, 2.05) is 19.1 Å². The minimum absolute atomic E-state index is 0.145. The topological polar surface area (TPSA) is 112 Å². The molecule has 0 spiro atoms. The fraction of sp³-hybridized carbons (Fsp3) is 0.438. The summed E-state index contributed by atoms with van der Waals surface area (Å²) in [6.07, 6.45) is 3.03. The molecule has 1 saturated heterocycles. The highest BCUT2D eigenvalue weighted by Gasteiger charge is 2.17. The van der Waals surface area contributed by atoms with Crippen LogP contribution in [0.5, 0.6) is 0 Å². The number of nitrogens with one attached hydrogen (secondary N) is 2. The van der Waals surface area contributed by atoms with E-state index in [-0.39, 0.29) is 11.8 Å². The molecule has 2 aromatic rings. The molecule has 9 nitrogen and oxygen atoms in total. The molecule has 0 amide bonds. The van der Waals surface area contributed by atoms with Crippen LogP contribution in [0.15, 0.2) is 18.5 Å². The molecule has 1 aliphatic rings. The number of nitriles is 1. The number of morpholine rings is 1. The van der Waals surface area contributed by atoms with Crippen LogP contribution in [-0.4, -0.2) is 64.5 Å². The third kappa shape index (κ3) is 4.59. The summed E-state index contributed by atoms with van der Waals surface area (Å²) >= 11 is 0. The standard InChI is InChI=1S/C16H20N8O/c1-11-14(19-8-13-10-24(2)3-4-25-13)5-15(23-22-11)21-16-9-18-12(6-17)7-20-16/h5,7,9,13H,3-4,8,10H2,1-2H3,(H2,19,20,21,23)/t13-/m1/s1. The number of likely N-dealkylation sites (N-methyl/N-ethyl adjacent to an activating group) is 1. The fourth-order valence-corrected chi connectivity index (χ4v) is 2.49. The van der Waals surface area contributed by atoms with Crippen LogP contribution in [0, 0.1) is 18.3 Å². The molecule has 2 N–H and O–H groups in total. The van der Waals surface area contributed by atoms with E-state index in [1.165, 1.54) is 12.4 Å². The summed E-state index contributed by atoms with van der Waals surface area (Å²) < 4.78 is 5.76. The molecule has 9 heteroatoms. The van der Waals surface area contributed by atoms with Crippen LogP contribution >= 0.6 is 0 Å². The highest BCUT2D eigenvalue weighted by molar-refractivity contribution is 5.59. The van der Waals surface area contributed by atoms with Gasteiger partial charge in [0.15, 0.2) is 11.5 Å². The van der Waals surface area contributed by atoms with Crippen molar-refractivity contribution in [2.24, 2.45) is 0 Å². The summed E-state index contributed by atoms with van der Waals surface area (Å²) in [4.78, 5) is 10.3. The molecule has 0 aliphatic carbocycles. The molecular weight excluding hydrogens is 320 g/mol. The van der Waals surface area contributed by atoms with Gasteiger partial charge in [0.25, 0.3) is 0 Å². The van der Waals surface area contributed by atoms with Crippen molar-refractivity contribution in [2.75, 3.05) is 43.9 Å². The van der Waals surface area contributed by atoms with E-state index in [0.717, 1.165) is 31.1 Å². The molecule has 1 aliphatic heterocycles. The van der Waals surface area contributed by atoms with E-state index in [9.17, 15) is 0 Å². The van der Waals surface area contributed by atoms with Crippen LogP contribution in [0.25, 0.3) is 0 Å². The van der Waals surface area contributed by atoms with Crippen molar-refractivity contribution in [3.05, 3.63) is 29.8 Å². The second kappa shape index (κ2) is 7.83. The van der Waals surface area contributed by atoms with Gasteiger partial charge in [0, 0.05) is 25.7 Å². The lowest BCUT2D eigenvalue weighted by Gasteiger charge is -2.30. The van der Waals surface area contributed by atoms with Gasteiger partial charge in [-0.25, -0.2) is 9.97 Å². The van der Waals surface area contributed by atoms with E-state index in [2.05, 4.69) is 42.7 Å². The minimum Gasteiger partial charge on any atom is -0.381 e. The molecule has 130 valence electrons. The van der Waals surface area contributed by atoms with Gasteiger partial charge in [-0.05, 0) is 14.0 Å². The highest BCUT2D eigenvalue weighted by atomic mass is 16.5. The van der Waals surface area contributed by atoms with Crippen LogP contribution < -0.4 is 10.6 Å². The lowest BCUT2D eigenvalue weighted by Crippen LogP contribution is -2.43. The van der Waals surface area contributed by atoms with Gasteiger partial charge in [0.2, 0.25) is 0 Å². The zero-order valence-corrected chi connectivity index (χ0v) is 14.2. The normalized spacial score (nSPS) is 17.7. The lowest BCUT2D eigenvalue weighted by atomic mass is 10.2. The molecule has 3 rings (SSSR count). The number of aromatic nitrogens is 4. The number of rotatable bonds is 5. The predicted octanol–water partition coefficient (Wildman–Crippen LogP) is 0.933. The molecule has 1 atom stereocenters. The van der Waals surface area contributed by atoms with E-state index in [1.54, 1.807) is 0 Å². The van der Waals surface area contributed by atoms with E-state index in [4.69, 9.17) is 10.00 Å². The summed E-state index contributed by atoms with van der Waals surface area (Å²) in [5.41, 5.74) is 1.96. The molecule has 2 aromatic heterocycles. The molecular formula is C16H20N8O. The second-order valence-corrected chi connectivity index (χ2v) is 5.89. The Hall–Kier alpha value is -2.83. The van der Waals surface area contributed by atoms with Crippen molar-refractivity contribution in [1.82, 2.24) is 25.1 Å². The van der Waals surface area contributed by atoms with Gasteiger partial charge in [0.1, 0.15) is 11.9 Å². The Balaban J connectivity index is 1.64. The van der Waals surface area contributed by atoms with Gasteiger partial charge in [-0.1, -0.05) is 0 Å². The summed E-state index contributed by atoms with van der Waals surface area (Å²) in [6.45, 7) is 5.21. The first-order chi connectivity index (χ1) is 12.1. The summed E-state index contributed by atoms with van der Waals surface area (Å²) in [6, 6.07) is 3.80. The zero-order valence-electron chi connectivity index (χ0n) is 14.2. The number of nitrogens with zero attached hydrogens (tertiary/aromatic N) is 6. The Labute approximate surface area is 146 Å². The first kappa shape index (κ1) is 17.0. The van der Waals surface area contributed by atoms with Gasteiger partial charge < -0.3 is 20.3 Å². The smallest absolute Gasteiger partial charge is 0.158 e. The maximum atomic E-state index is 8.75. The largest absolute Gasteiger partial charge is 0.381 e. The Morgan fingerprint density at radius 3 is 2.92 bits per heavy atom. The molecule has 0 aromatic carbocycles. The number of hydrogen-bond donors (Lipinski definition) is 2. The van der Waals surface area contributed by atoms with Crippen LogP contribution in [0.4, 0.5) is 17.3 Å². The third-order valence-corrected chi connectivity index (χ3v) is 3.86. The molecule has 0 unspecified atom stereocenters. The maximum absolute atomic E-state index is 8.75. The van der Waals surface area contributed by atoms with E-state index >= 15 is 0 Å². The Bertz CT molecular complexity index is 758. The Kier molecular flexibility index (Phi) is 5.33. The average Bonchev–Trinajstić information content (AvgIpc) is 2.63. The minimum atomic E-state index is 0.145. The van der Waals surface area contributed by atoms with Crippen LogP contribution in [0.1, 0.15) is 11.4 Å². The number of aryl methyl sites for hydroxylation is 1. The van der Waals surface area contributed by atoms with Crippen molar-refractivity contribution in [3.63, 3.8) is 0 Å². The molecule has 1 fully saturated rings. The lowest BCUT2D eigenvalue weighted by molar-refractivity contribution is -0.0117. The third-order valence-electron chi connectivity index (χ3n) is 3.86. The van der Waals surface area contributed by atoms with Crippen LogP contribution in [0.2, 0.25) is 0 Å². The highest BCUT2D eigenvalue weighted by Crippen LogP contribution is 2.18. The van der Waals surface area contributed by atoms with Crippen LogP contribution in [0.3, 0.4) is 0 Å². The summed E-state index contributed by atoms with van der Waals surface area (Å²) in [7, 11) is 2.09. The van der Waals surface area contributed by atoms with Crippen molar-refractivity contribution in [1.29, 1.82) is 5.26 Å². The van der Waals surface area contributed by atoms with Gasteiger partial charge in [-0.15, -0.1) is 5.10 Å². The predicted molar refractivity (Wildman–Crippen MR) is 92.5 cm³/mol. The van der Waals surface area contributed by atoms with Crippen molar-refractivity contribution >= 4 is 17.3 Å². The number of hydrogen-bond acceptors (Lipinski definition) is 9. The van der Waals surface area contributed by atoms with Crippen molar-refractivity contribution < 1.29 is 4.74 Å². The molecule has 0 radical (unpaired) electrons. The quantitative estimate of drug-likeness (QED) is 0.821. The molecule has 0 bridgehead atoms. The Morgan fingerprint density at radius 2 is 2.20 bits per heavy atom. The monoisotopic (exact) mass is 340 g/mol. The summed E-state index contributed by atoms with van der Waals surface area (Å²) in [5.74, 6) is 1.05. The van der Waals surface area contributed by atoms with Gasteiger partial charge in [-0.3, -0.25) is 0 Å². The van der Waals surface area contributed by atoms with E-state index in [0.29, 0.717) is 18.2 Å². The second-order valence-electron chi connectivity index (χ2n) is 5.89. The number of anilines is 3. The van der Waals surface area contributed by atoms with Crippen LogP contribution in [-0.2, 0) is 4.74 Å². The first-order valence-electron chi connectivity index (χ1n) is 8.01. The first-order valence-corrected chi connectivity index (χ1v) is 8.01. The average molecular weight is 340 g/mol. The summed E-state index contributed by atoms with van der Waals surface area (Å²) in [5, 5.41) is 23.4. The fourth-order valence-electron chi connectivity index (χ4n) is 2.49. The zero-order chi connectivity index (χ0) is 17.6. The van der Waals surface area contributed by atoms with Gasteiger partial charge in [-0.2, -0.15) is 10.4 Å². The van der Waals surface area contributed by atoms with Crippen molar-refractivity contribution in [3.8, 4) is 6.07 Å². The SMILES string of the molecule is Cc1nnc(Nc2cnc(C#N)cn2)cc1NC[C@@H]1CN(C)CCO1.